The molecule has 1 saturated heterocycles. The number of aliphatic hydroxyl groups excluding tert-OH is 2. The average Bonchev–Trinajstić information content (AvgIpc) is 2.47. The zero-order valence-corrected chi connectivity index (χ0v) is 7.42. The first kappa shape index (κ1) is 9.17. The number of H-pyrrole nitrogens is 1. The minimum atomic E-state index is -0.768. The van der Waals surface area contributed by atoms with Gasteiger partial charge in [-0.25, -0.2) is 4.98 Å². The highest BCUT2D eigenvalue weighted by Gasteiger charge is 2.30. The van der Waals surface area contributed by atoms with Crippen molar-refractivity contribution >= 4 is 5.82 Å². The molecule has 1 aliphatic heterocycles. The largest absolute Gasteiger partial charge is 0.389 e. The molecule has 76 valence electrons. The number of aliphatic hydroxyl groups is 2. The third-order valence-corrected chi connectivity index (χ3v) is 2.25. The molecule has 0 bridgehead atoms. The Bertz CT molecular complexity index is 368. The summed E-state index contributed by atoms with van der Waals surface area (Å²) in [5, 5.41) is 18.6. The summed E-state index contributed by atoms with van der Waals surface area (Å²) in [5.41, 5.74) is -0.245. The second kappa shape index (κ2) is 3.39. The van der Waals surface area contributed by atoms with E-state index < -0.39 is 12.2 Å². The number of nitrogens with zero attached hydrogens (tertiary/aromatic N) is 2. The number of hydrogen-bond donors (Lipinski definition) is 3. The standard InChI is InChI=1S/C8H11N3O3/c12-5-2-11(3-6(5)13)7-1-8(14)10-4-9-7/h1,4-6,12-13H,2-3H2,(H,9,10,14). The molecular weight excluding hydrogens is 186 g/mol. The molecule has 1 aromatic heterocycles. The van der Waals surface area contributed by atoms with Gasteiger partial charge in [0.15, 0.2) is 0 Å². The highest BCUT2D eigenvalue weighted by Crippen LogP contribution is 2.15. The number of nitrogens with one attached hydrogen (secondary N) is 1. The minimum absolute atomic E-state index is 0.245. The first-order valence-corrected chi connectivity index (χ1v) is 4.32. The van der Waals surface area contributed by atoms with Gasteiger partial charge in [0.05, 0.1) is 18.5 Å². The van der Waals surface area contributed by atoms with E-state index in [4.69, 9.17) is 0 Å². The van der Waals surface area contributed by atoms with Crippen LogP contribution in [-0.2, 0) is 0 Å². The highest BCUT2D eigenvalue weighted by atomic mass is 16.3. The number of β-amino-alcohol motifs (C(OH)–C–C–N with tert-alkyl or cyclic N) is 2. The Labute approximate surface area is 79.8 Å². The summed E-state index contributed by atoms with van der Waals surface area (Å²) >= 11 is 0. The summed E-state index contributed by atoms with van der Waals surface area (Å²) in [6, 6.07) is 1.34. The third-order valence-electron chi connectivity index (χ3n) is 2.25. The van der Waals surface area contributed by atoms with Gasteiger partial charge in [0, 0.05) is 19.2 Å². The lowest BCUT2D eigenvalue weighted by Crippen LogP contribution is -2.24. The van der Waals surface area contributed by atoms with Gasteiger partial charge >= 0.3 is 0 Å². The van der Waals surface area contributed by atoms with E-state index in [1.807, 2.05) is 0 Å². The van der Waals surface area contributed by atoms with Crippen molar-refractivity contribution in [1.29, 1.82) is 0 Å². The quantitative estimate of drug-likeness (QED) is 0.500. The average molecular weight is 197 g/mol. The predicted molar refractivity (Wildman–Crippen MR) is 49.1 cm³/mol. The summed E-state index contributed by atoms with van der Waals surface area (Å²) in [6.45, 7) is 0.606. The van der Waals surface area contributed by atoms with E-state index in [9.17, 15) is 15.0 Å². The number of hydrogen-bond acceptors (Lipinski definition) is 5. The Morgan fingerprint density at radius 1 is 1.43 bits per heavy atom. The maximum atomic E-state index is 11.0. The van der Waals surface area contributed by atoms with Gasteiger partial charge in [-0.15, -0.1) is 0 Å². The fourth-order valence-electron chi connectivity index (χ4n) is 1.49. The molecule has 0 aliphatic carbocycles. The van der Waals surface area contributed by atoms with Gasteiger partial charge < -0.3 is 20.1 Å². The molecule has 1 aromatic rings. The molecule has 2 atom stereocenters. The molecule has 3 N–H and O–H groups in total. The van der Waals surface area contributed by atoms with Crippen molar-refractivity contribution in [2.24, 2.45) is 0 Å². The number of aromatic amines is 1. The Kier molecular flexibility index (Phi) is 2.22. The molecule has 2 rings (SSSR count). The Hall–Kier alpha value is -1.40. The van der Waals surface area contributed by atoms with Crippen LogP contribution in [-0.4, -0.2) is 45.5 Å². The van der Waals surface area contributed by atoms with E-state index in [1.54, 1.807) is 4.90 Å². The lowest BCUT2D eigenvalue weighted by molar-refractivity contribution is 0.0572. The van der Waals surface area contributed by atoms with Gasteiger partial charge in [0.25, 0.3) is 5.56 Å². The zero-order valence-electron chi connectivity index (χ0n) is 7.42. The molecule has 0 amide bonds. The Morgan fingerprint density at radius 3 is 2.64 bits per heavy atom. The molecule has 2 unspecified atom stereocenters. The van der Waals surface area contributed by atoms with Gasteiger partial charge in [-0.05, 0) is 0 Å². The molecule has 1 fully saturated rings. The zero-order chi connectivity index (χ0) is 10.1. The van der Waals surface area contributed by atoms with Crippen molar-refractivity contribution in [3.8, 4) is 0 Å². The van der Waals surface area contributed by atoms with Crippen molar-refractivity contribution in [2.75, 3.05) is 18.0 Å². The number of rotatable bonds is 1. The van der Waals surface area contributed by atoms with Crippen LogP contribution in [0, 0.1) is 0 Å². The lowest BCUT2D eigenvalue weighted by atomic mass is 10.3. The lowest BCUT2D eigenvalue weighted by Gasteiger charge is -2.14. The molecular formula is C8H11N3O3. The van der Waals surface area contributed by atoms with Crippen LogP contribution in [0.25, 0.3) is 0 Å². The van der Waals surface area contributed by atoms with E-state index in [2.05, 4.69) is 9.97 Å². The van der Waals surface area contributed by atoms with Crippen molar-refractivity contribution in [3.63, 3.8) is 0 Å². The molecule has 0 saturated carbocycles. The van der Waals surface area contributed by atoms with Crippen molar-refractivity contribution in [1.82, 2.24) is 9.97 Å². The molecule has 6 nitrogen and oxygen atoms in total. The summed E-state index contributed by atoms with van der Waals surface area (Å²) in [6.07, 6.45) is -0.235. The van der Waals surface area contributed by atoms with Gasteiger partial charge in [-0.3, -0.25) is 4.79 Å². The molecule has 14 heavy (non-hydrogen) atoms. The first-order valence-electron chi connectivity index (χ1n) is 4.32. The summed E-state index contributed by atoms with van der Waals surface area (Å²) in [4.78, 5) is 19.0. The van der Waals surface area contributed by atoms with Crippen LogP contribution in [0.5, 0.6) is 0 Å². The molecule has 0 spiro atoms. The van der Waals surface area contributed by atoms with Crippen LogP contribution >= 0.6 is 0 Å². The first-order chi connectivity index (χ1) is 6.66. The van der Waals surface area contributed by atoms with Crippen LogP contribution in [0.1, 0.15) is 0 Å². The summed E-state index contributed by atoms with van der Waals surface area (Å²) in [7, 11) is 0. The van der Waals surface area contributed by atoms with Crippen LogP contribution in [0.15, 0.2) is 17.2 Å². The molecule has 6 heteroatoms. The van der Waals surface area contributed by atoms with Gasteiger partial charge in [-0.1, -0.05) is 0 Å². The third kappa shape index (κ3) is 1.61. The maximum Gasteiger partial charge on any atom is 0.252 e. The molecule has 2 heterocycles. The molecule has 0 radical (unpaired) electrons. The highest BCUT2D eigenvalue weighted by molar-refractivity contribution is 5.38. The number of anilines is 1. The van der Waals surface area contributed by atoms with Gasteiger partial charge in [0.2, 0.25) is 0 Å². The minimum Gasteiger partial charge on any atom is -0.389 e. The summed E-state index contributed by atoms with van der Waals surface area (Å²) in [5.74, 6) is 0.476. The van der Waals surface area contributed by atoms with Crippen LogP contribution in [0.4, 0.5) is 5.82 Å². The SMILES string of the molecule is O=c1cc(N2CC(O)C(O)C2)nc[nH]1. The van der Waals surface area contributed by atoms with E-state index in [0.29, 0.717) is 18.9 Å². The topological polar surface area (TPSA) is 89.5 Å². The maximum absolute atomic E-state index is 11.0. The fraction of sp³-hybridized carbons (Fsp3) is 0.500. The molecule has 1 aliphatic rings. The smallest absolute Gasteiger partial charge is 0.252 e. The fourth-order valence-corrected chi connectivity index (χ4v) is 1.49. The van der Waals surface area contributed by atoms with E-state index in [0.717, 1.165) is 0 Å². The van der Waals surface area contributed by atoms with E-state index in [-0.39, 0.29) is 5.56 Å². The monoisotopic (exact) mass is 197 g/mol. The van der Waals surface area contributed by atoms with Crippen molar-refractivity contribution in [2.45, 2.75) is 12.2 Å². The van der Waals surface area contributed by atoms with Gasteiger partial charge in [-0.2, -0.15) is 0 Å². The predicted octanol–water partition coefficient (Wildman–Crippen LogP) is -1.69. The van der Waals surface area contributed by atoms with E-state index >= 15 is 0 Å². The summed E-state index contributed by atoms with van der Waals surface area (Å²) < 4.78 is 0. The van der Waals surface area contributed by atoms with Crippen molar-refractivity contribution < 1.29 is 10.2 Å². The van der Waals surface area contributed by atoms with Gasteiger partial charge in [0.1, 0.15) is 5.82 Å². The normalized spacial score (nSPS) is 26.9. The Balaban J connectivity index is 2.21. The van der Waals surface area contributed by atoms with E-state index in [1.165, 1.54) is 12.4 Å². The van der Waals surface area contributed by atoms with Crippen LogP contribution in [0.3, 0.4) is 0 Å². The second-order valence-corrected chi connectivity index (χ2v) is 3.31. The van der Waals surface area contributed by atoms with Crippen molar-refractivity contribution in [3.05, 3.63) is 22.7 Å². The Morgan fingerprint density at radius 2 is 2.07 bits per heavy atom. The second-order valence-electron chi connectivity index (χ2n) is 3.31. The van der Waals surface area contributed by atoms with Crippen LogP contribution < -0.4 is 10.5 Å². The van der Waals surface area contributed by atoms with Crippen LogP contribution in [0.2, 0.25) is 0 Å². The molecule has 0 aromatic carbocycles. The number of aromatic nitrogens is 2.